The predicted octanol–water partition coefficient (Wildman–Crippen LogP) is 5.44. The lowest BCUT2D eigenvalue weighted by molar-refractivity contribution is -0.137. The first-order valence-corrected chi connectivity index (χ1v) is 10.5. The lowest BCUT2D eigenvalue weighted by Crippen LogP contribution is -2.34. The molecule has 3 heterocycles. The van der Waals surface area contributed by atoms with Crippen molar-refractivity contribution in [3.05, 3.63) is 66.6 Å². The van der Waals surface area contributed by atoms with Gasteiger partial charge in [-0.05, 0) is 55.8 Å². The van der Waals surface area contributed by atoms with Crippen LogP contribution >= 0.6 is 0 Å². The number of benzene rings is 2. The molecule has 0 spiro atoms. The first kappa shape index (κ1) is 20.5. The number of piperidine rings is 1. The second kappa shape index (κ2) is 8.27. The summed E-state index contributed by atoms with van der Waals surface area (Å²) < 4.78 is 44.7. The summed E-state index contributed by atoms with van der Waals surface area (Å²) >= 11 is 0. The van der Waals surface area contributed by atoms with Crippen LogP contribution in [0.25, 0.3) is 33.3 Å². The van der Waals surface area contributed by atoms with Crippen molar-refractivity contribution in [1.29, 1.82) is 0 Å². The molecule has 32 heavy (non-hydrogen) atoms. The number of fused-ring (bicyclic) bond motifs is 1. The average Bonchev–Trinajstić information content (AvgIpc) is 3.23. The minimum Gasteiger partial charge on any atom is -0.473 e. The molecule has 0 bridgehead atoms. The van der Waals surface area contributed by atoms with E-state index >= 15 is 0 Å². The molecule has 2 aromatic heterocycles. The fraction of sp³-hybridized carbons (Fsp3) is 0.250. The van der Waals surface area contributed by atoms with Crippen molar-refractivity contribution in [3.63, 3.8) is 0 Å². The van der Waals surface area contributed by atoms with Crippen molar-refractivity contribution in [2.24, 2.45) is 0 Å². The van der Waals surface area contributed by atoms with Crippen LogP contribution in [0.4, 0.5) is 13.2 Å². The number of hydrogen-bond acceptors (Lipinski definition) is 4. The molecule has 0 unspecified atom stereocenters. The van der Waals surface area contributed by atoms with Gasteiger partial charge >= 0.3 is 6.18 Å². The Morgan fingerprint density at radius 2 is 1.69 bits per heavy atom. The Bertz CT molecular complexity index is 1230. The average molecular weight is 438 g/mol. The largest absolute Gasteiger partial charge is 0.473 e. The van der Waals surface area contributed by atoms with Crippen molar-refractivity contribution in [2.45, 2.75) is 25.1 Å². The van der Waals surface area contributed by atoms with Gasteiger partial charge in [0.2, 0.25) is 5.88 Å². The number of nitrogens with one attached hydrogen (secondary N) is 2. The Kier molecular flexibility index (Phi) is 5.30. The molecule has 5 nitrogen and oxygen atoms in total. The molecule has 0 amide bonds. The van der Waals surface area contributed by atoms with Crippen molar-refractivity contribution in [1.82, 2.24) is 20.3 Å². The van der Waals surface area contributed by atoms with Crippen LogP contribution in [0.5, 0.6) is 5.88 Å². The van der Waals surface area contributed by atoms with E-state index in [1.165, 1.54) is 12.1 Å². The SMILES string of the molecule is FC(F)(F)c1ccc(-c2c[nH]c3ccc(-c4cncc(OC5CCNCC5)n4)cc23)cc1. The maximum absolute atomic E-state index is 12.9. The third-order valence-electron chi connectivity index (χ3n) is 5.69. The fourth-order valence-corrected chi connectivity index (χ4v) is 3.99. The van der Waals surface area contributed by atoms with Gasteiger partial charge < -0.3 is 15.0 Å². The van der Waals surface area contributed by atoms with Crippen molar-refractivity contribution >= 4 is 10.9 Å². The van der Waals surface area contributed by atoms with Crippen LogP contribution in [-0.4, -0.2) is 34.1 Å². The molecule has 1 aliphatic rings. The monoisotopic (exact) mass is 438 g/mol. The standard InChI is InChI=1S/C24H21F3N4O/c25-24(26,27)17-4-1-15(2-5-17)20-12-30-21-6-3-16(11-19(20)21)22-13-29-14-23(31-22)32-18-7-9-28-10-8-18/h1-6,11-14,18,28,30H,7-10H2. The van der Waals surface area contributed by atoms with Gasteiger partial charge in [0, 0.05) is 28.2 Å². The Morgan fingerprint density at radius 3 is 2.44 bits per heavy atom. The van der Waals surface area contributed by atoms with Crippen LogP contribution < -0.4 is 10.1 Å². The highest BCUT2D eigenvalue weighted by molar-refractivity contribution is 5.97. The van der Waals surface area contributed by atoms with Gasteiger partial charge in [0.25, 0.3) is 0 Å². The molecule has 4 aromatic rings. The zero-order chi connectivity index (χ0) is 22.1. The Morgan fingerprint density at radius 1 is 0.938 bits per heavy atom. The van der Waals surface area contributed by atoms with Crippen LogP contribution in [0.2, 0.25) is 0 Å². The summed E-state index contributed by atoms with van der Waals surface area (Å²) in [7, 11) is 0. The molecule has 0 aliphatic carbocycles. The van der Waals surface area contributed by atoms with E-state index in [0.717, 1.165) is 60.1 Å². The second-order valence-electron chi connectivity index (χ2n) is 7.85. The van der Waals surface area contributed by atoms with Gasteiger partial charge in [-0.1, -0.05) is 18.2 Å². The minimum atomic E-state index is -4.36. The van der Waals surface area contributed by atoms with E-state index in [1.54, 1.807) is 18.6 Å². The normalized spacial score (nSPS) is 15.2. The number of hydrogen-bond donors (Lipinski definition) is 2. The number of nitrogens with zero attached hydrogens (tertiary/aromatic N) is 2. The molecule has 2 N–H and O–H groups in total. The van der Waals surface area contributed by atoms with Crippen LogP contribution in [0.1, 0.15) is 18.4 Å². The molecule has 5 rings (SSSR count). The first-order valence-electron chi connectivity index (χ1n) is 10.5. The van der Waals surface area contributed by atoms with Crippen LogP contribution in [-0.2, 0) is 6.18 Å². The number of aromatic amines is 1. The maximum atomic E-state index is 12.9. The molecule has 164 valence electrons. The van der Waals surface area contributed by atoms with Gasteiger partial charge in [-0.2, -0.15) is 13.2 Å². The second-order valence-corrected chi connectivity index (χ2v) is 7.85. The fourth-order valence-electron chi connectivity index (χ4n) is 3.99. The maximum Gasteiger partial charge on any atom is 0.416 e. The van der Waals surface area contributed by atoms with E-state index in [-0.39, 0.29) is 6.10 Å². The summed E-state index contributed by atoms with van der Waals surface area (Å²) in [5, 5.41) is 4.20. The van der Waals surface area contributed by atoms with E-state index in [2.05, 4.69) is 20.3 Å². The first-order chi connectivity index (χ1) is 15.5. The highest BCUT2D eigenvalue weighted by Gasteiger charge is 2.30. The van der Waals surface area contributed by atoms with E-state index in [9.17, 15) is 13.2 Å². The number of halogens is 3. The van der Waals surface area contributed by atoms with Gasteiger partial charge in [-0.15, -0.1) is 0 Å². The summed E-state index contributed by atoms with van der Waals surface area (Å²) in [4.78, 5) is 12.1. The van der Waals surface area contributed by atoms with Gasteiger partial charge in [0.05, 0.1) is 23.7 Å². The molecular weight excluding hydrogens is 417 g/mol. The predicted molar refractivity (Wildman–Crippen MR) is 116 cm³/mol. The Hall–Kier alpha value is -3.39. The topological polar surface area (TPSA) is 62.8 Å². The van der Waals surface area contributed by atoms with E-state index < -0.39 is 11.7 Å². The number of rotatable bonds is 4. The summed E-state index contributed by atoms with van der Waals surface area (Å²) in [5.74, 6) is 0.492. The highest BCUT2D eigenvalue weighted by Crippen LogP contribution is 2.35. The van der Waals surface area contributed by atoms with E-state index in [4.69, 9.17) is 4.74 Å². The smallest absolute Gasteiger partial charge is 0.416 e. The third-order valence-corrected chi connectivity index (χ3v) is 5.69. The molecule has 1 fully saturated rings. The molecule has 0 saturated carbocycles. The van der Waals surface area contributed by atoms with Crippen LogP contribution in [0, 0.1) is 0 Å². The molecule has 1 aliphatic heterocycles. The minimum absolute atomic E-state index is 0.124. The summed E-state index contributed by atoms with van der Waals surface area (Å²) in [5.41, 5.74) is 3.29. The molecule has 2 aromatic carbocycles. The van der Waals surface area contributed by atoms with E-state index in [1.807, 2.05) is 18.2 Å². The Balaban J connectivity index is 1.46. The lowest BCUT2D eigenvalue weighted by Gasteiger charge is -2.23. The van der Waals surface area contributed by atoms with Gasteiger partial charge in [0.1, 0.15) is 6.10 Å². The number of aromatic nitrogens is 3. The zero-order valence-corrected chi connectivity index (χ0v) is 17.1. The zero-order valence-electron chi connectivity index (χ0n) is 17.1. The van der Waals surface area contributed by atoms with Crippen molar-refractivity contribution in [3.8, 4) is 28.3 Å². The summed E-state index contributed by atoms with van der Waals surface area (Å²) in [6.07, 6.45) is 2.73. The molecular formula is C24H21F3N4O. The van der Waals surface area contributed by atoms with Gasteiger partial charge in [-0.3, -0.25) is 4.98 Å². The van der Waals surface area contributed by atoms with Crippen LogP contribution in [0.15, 0.2) is 61.1 Å². The summed E-state index contributed by atoms with van der Waals surface area (Å²) in [6, 6.07) is 11.0. The lowest BCUT2D eigenvalue weighted by atomic mass is 10.0. The third kappa shape index (κ3) is 4.18. The highest BCUT2D eigenvalue weighted by atomic mass is 19.4. The Labute approximate surface area is 182 Å². The van der Waals surface area contributed by atoms with Crippen molar-refractivity contribution in [2.75, 3.05) is 13.1 Å². The summed E-state index contributed by atoms with van der Waals surface area (Å²) in [6.45, 7) is 1.85. The molecule has 0 atom stereocenters. The quantitative estimate of drug-likeness (QED) is 0.445. The van der Waals surface area contributed by atoms with E-state index in [0.29, 0.717) is 17.1 Å². The van der Waals surface area contributed by atoms with Crippen LogP contribution in [0.3, 0.4) is 0 Å². The molecule has 0 radical (unpaired) electrons. The number of alkyl halides is 3. The van der Waals surface area contributed by atoms with Gasteiger partial charge in [-0.25, -0.2) is 4.98 Å². The van der Waals surface area contributed by atoms with Crippen molar-refractivity contribution < 1.29 is 17.9 Å². The number of ether oxygens (including phenoxy) is 1. The number of H-pyrrole nitrogens is 1. The molecule has 8 heteroatoms. The molecule has 1 saturated heterocycles. The van der Waals surface area contributed by atoms with Gasteiger partial charge in [0.15, 0.2) is 0 Å².